The zero-order valence-corrected chi connectivity index (χ0v) is 32.1. The van der Waals surface area contributed by atoms with Crippen molar-refractivity contribution >= 4 is 59.8 Å². The minimum absolute atomic E-state index is 0. The summed E-state index contributed by atoms with van der Waals surface area (Å²) in [6, 6.07) is 40.7. The van der Waals surface area contributed by atoms with Crippen LogP contribution in [0.15, 0.2) is 121 Å². The molecule has 0 aliphatic carbocycles. The first kappa shape index (κ1) is 42.7. The molecule has 1 N–H and O–H groups in total. The van der Waals surface area contributed by atoms with Crippen molar-refractivity contribution in [2.24, 2.45) is 0 Å². The van der Waals surface area contributed by atoms with Gasteiger partial charge in [0.2, 0.25) is 0 Å². The zero-order valence-electron chi connectivity index (χ0n) is 27.4. The maximum atomic E-state index is 9.87. The van der Waals surface area contributed by atoms with E-state index in [1.54, 1.807) is 0 Å². The number of nitrogens with zero attached hydrogens (tertiary/aromatic N) is 2. The number of halogens is 7. The first-order chi connectivity index (χ1) is 22.5. The monoisotopic (exact) mass is 923 g/mol. The van der Waals surface area contributed by atoms with Gasteiger partial charge in [0.25, 0.3) is 0 Å². The van der Waals surface area contributed by atoms with Crippen molar-refractivity contribution in [1.29, 1.82) is 0 Å². The van der Waals surface area contributed by atoms with Gasteiger partial charge in [-0.2, -0.15) is 0 Å². The second-order valence-corrected chi connectivity index (χ2v) is 15.6. The Labute approximate surface area is 307 Å². The Morgan fingerprint density at radius 2 is 1.18 bits per heavy atom. The van der Waals surface area contributed by atoms with Gasteiger partial charge in [0.05, 0.1) is 5.52 Å². The van der Waals surface area contributed by atoms with Crippen molar-refractivity contribution < 1.29 is 47.6 Å². The van der Waals surface area contributed by atoms with E-state index in [2.05, 4.69) is 127 Å². The quantitative estimate of drug-likeness (QED) is 0.0813. The predicted molar refractivity (Wildman–Crippen MR) is 196 cm³/mol. The van der Waals surface area contributed by atoms with E-state index >= 15 is 0 Å². The molecular formula is C36H41AuClF6N3P2. The average molecular weight is 924 g/mol. The number of rotatable bonds is 11. The third kappa shape index (κ3) is 17.3. The summed E-state index contributed by atoms with van der Waals surface area (Å²) < 4.78 is 59.2. The van der Waals surface area contributed by atoms with E-state index in [1.807, 2.05) is 30.5 Å². The summed E-state index contributed by atoms with van der Waals surface area (Å²) in [5.41, 5.74) is 2.07. The van der Waals surface area contributed by atoms with Crippen LogP contribution in [-0.2, 0) is 22.4 Å². The Morgan fingerprint density at radius 3 is 1.61 bits per heavy atom. The van der Waals surface area contributed by atoms with Crippen LogP contribution in [0.3, 0.4) is 0 Å². The van der Waals surface area contributed by atoms with Crippen LogP contribution in [-0.4, -0.2) is 35.6 Å². The summed E-state index contributed by atoms with van der Waals surface area (Å²) in [6.07, 6.45) is 4.21. The second-order valence-electron chi connectivity index (χ2n) is 11.0. The van der Waals surface area contributed by atoms with Crippen LogP contribution < -0.4 is 21.2 Å². The van der Waals surface area contributed by atoms with Crippen LogP contribution in [0.5, 0.6) is 0 Å². The Balaban J connectivity index is 0.000000282. The van der Waals surface area contributed by atoms with Gasteiger partial charge in [-0.25, -0.2) is 0 Å². The van der Waals surface area contributed by atoms with Gasteiger partial charge in [-0.1, -0.05) is 116 Å². The topological polar surface area (TPSA) is 28.2 Å². The minimum Gasteiger partial charge on any atom is -0.0622 e. The largest absolute Gasteiger partial charge is 1.00 e. The molecule has 1 unspecified atom stereocenters. The minimum atomic E-state index is -10.7. The third-order valence-corrected chi connectivity index (χ3v) is 9.83. The van der Waals surface area contributed by atoms with Gasteiger partial charge in [-0.05, 0) is 87.5 Å². The van der Waals surface area contributed by atoms with Gasteiger partial charge >= 0.3 is 55.4 Å². The molecule has 49 heavy (non-hydrogen) atoms. The van der Waals surface area contributed by atoms with Gasteiger partial charge < -0.3 is 10.2 Å². The molecule has 1 atom stereocenters. The molecule has 0 aliphatic heterocycles. The molecule has 13 heteroatoms. The van der Waals surface area contributed by atoms with Crippen molar-refractivity contribution in [3.05, 3.63) is 126 Å². The van der Waals surface area contributed by atoms with E-state index in [0.29, 0.717) is 6.04 Å². The Kier molecular flexibility index (Phi) is 16.3. The van der Waals surface area contributed by atoms with Crippen LogP contribution in [0.4, 0.5) is 30.9 Å². The summed E-state index contributed by atoms with van der Waals surface area (Å²) in [5, 5.41) is 9.66. The van der Waals surface area contributed by atoms with Crippen molar-refractivity contribution in [1.82, 2.24) is 9.88 Å². The van der Waals surface area contributed by atoms with Crippen LogP contribution in [0, 0.1) is 0 Å². The number of anilines is 1. The van der Waals surface area contributed by atoms with E-state index < -0.39 is 15.7 Å². The fourth-order valence-corrected chi connectivity index (χ4v) is 7.40. The van der Waals surface area contributed by atoms with E-state index in [9.17, 15) is 25.2 Å². The second kappa shape index (κ2) is 18.7. The smallest absolute Gasteiger partial charge is 0.0622 e. The van der Waals surface area contributed by atoms with Gasteiger partial charge in [0, 0.05) is 28.3 Å². The molecule has 0 radical (unpaired) electrons. The first-order valence-electron chi connectivity index (χ1n) is 15.6. The number of pyridine rings is 1. The number of aromatic nitrogens is 1. The molecule has 0 saturated heterocycles. The third-order valence-electron chi connectivity index (χ3n) is 7.16. The van der Waals surface area contributed by atoms with Crippen molar-refractivity contribution in [2.75, 3.05) is 25.0 Å². The predicted octanol–water partition coefficient (Wildman–Crippen LogP) is 11.6. The number of benzene rings is 4. The summed E-state index contributed by atoms with van der Waals surface area (Å²) >= 11 is 6.04. The molecule has 0 spiro atoms. The molecule has 1 aromatic heterocycles. The van der Waals surface area contributed by atoms with E-state index in [0.717, 1.165) is 41.1 Å². The van der Waals surface area contributed by atoms with Gasteiger partial charge in [0.15, 0.2) is 0 Å². The maximum Gasteiger partial charge on any atom is 1.00 e. The van der Waals surface area contributed by atoms with Crippen LogP contribution in [0.2, 0.25) is 5.02 Å². The standard InChI is InChI=1S/C18H26ClN3.C18H15P.Au.F6P/c1-4-22(5-2)12-6-7-14(3)21-17-10-11-20-18-13-15(19)8-9-16(17)18;1-4-10-16(11-5-1)19(17-12-6-2-7-13-17)18-14-8-3-9-15-18;;1-7(2,3,4,5)6/h8-11,13-14H,4-7,12H2,1-3H3,(H,20,21);1-15H;;/q;;+1;-1. The molecule has 5 aromatic rings. The Morgan fingerprint density at radius 1 is 0.735 bits per heavy atom. The zero-order chi connectivity index (χ0) is 35.3. The molecule has 0 amide bonds. The van der Waals surface area contributed by atoms with Crippen molar-refractivity contribution in [3.63, 3.8) is 0 Å². The van der Waals surface area contributed by atoms with E-state index in [4.69, 9.17) is 11.6 Å². The number of hydrogen-bond acceptors (Lipinski definition) is 3. The summed E-state index contributed by atoms with van der Waals surface area (Å²) in [7, 11) is -11.1. The molecule has 270 valence electrons. The Hall–Kier alpha value is -2.48. The van der Waals surface area contributed by atoms with Crippen molar-refractivity contribution in [3.8, 4) is 0 Å². The number of hydrogen-bond donors (Lipinski definition) is 1. The molecule has 0 aliphatic rings. The van der Waals surface area contributed by atoms with Gasteiger partial charge in [-0.3, -0.25) is 4.98 Å². The molecule has 5 rings (SSSR count). The SMILES string of the molecule is CCN(CC)CCCC(C)Nc1ccnc2cc(Cl)ccc12.F[P-](F)(F)(F)(F)F.[Au+].c1ccc(P(c2ccccc2)c2ccccc2)cc1. The molecule has 1 heterocycles. The molecule has 0 bridgehead atoms. The van der Waals surface area contributed by atoms with E-state index in [1.165, 1.54) is 28.9 Å². The van der Waals surface area contributed by atoms with Gasteiger partial charge in [0.1, 0.15) is 0 Å². The van der Waals surface area contributed by atoms with Gasteiger partial charge in [-0.15, -0.1) is 0 Å². The molecule has 3 nitrogen and oxygen atoms in total. The molecule has 0 fully saturated rings. The fraction of sp³-hybridized carbons (Fsp3) is 0.250. The van der Waals surface area contributed by atoms with Crippen LogP contribution in [0.1, 0.15) is 33.6 Å². The maximum absolute atomic E-state index is 10.7. The first-order valence-corrected chi connectivity index (χ1v) is 19.3. The normalized spacial score (nSPS) is 13.1. The molecule has 4 aromatic carbocycles. The van der Waals surface area contributed by atoms with Crippen LogP contribution >= 0.6 is 27.3 Å². The number of nitrogens with one attached hydrogen (secondary N) is 1. The van der Waals surface area contributed by atoms with Crippen LogP contribution in [0.25, 0.3) is 10.9 Å². The van der Waals surface area contributed by atoms with E-state index in [-0.39, 0.29) is 22.4 Å². The average Bonchev–Trinajstić information content (AvgIpc) is 3.04. The summed E-state index contributed by atoms with van der Waals surface area (Å²) in [6.45, 7) is 10.1. The molecular weight excluding hydrogens is 883 g/mol. The van der Waals surface area contributed by atoms with Crippen molar-refractivity contribution in [2.45, 2.75) is 39.7 Å². The number of fused-ring (bicyclic) bond motifs is 1. The summed E-state index contributed by atoms with van der Waals surface area (Å²) in [5.74, 6) is 0. The Bertz CT molecular complexity index is 1580. The fourth-order valence-electron chi connectivity index (χ4n) is 4.92. The molecule has 0 saturated carbocycles. The summed E-state index contributed by atoms with van der Waals surface area (Å²) in [4.78, 5) is 6.86.